The van der Waals surface area contributed by atoms with Crippen LogP contribution >= 0.6 is 12.2 Å². The highest BCUT2D eigenvalue weighted by Gasteiger charge is 2.10. The van der Waals surface area contributed by atoms with Crippen molar-refractivity contribution >= 4 is 29.3 Å². The van der Waals surface area contributed by atoms with Crippen molar-refractivity contribution in [1.82, 2.24) is 16.2 Å². The number of benzene rings is 2. The second kappa shape index (κ2) is 9.61. The molecule has 0 saturated carbocycles. The lowest BCUT2D eigenvalue weighted by molar-refractivity contribution is -0.116. The fourth-order valence-corrected chi connectivity index (χ4v) is 2.59. The number of methoxy groups -OCH3 is 1. The molecule has 7 nitrogen and oxygen atoms in total. The number of nitrogens with one attached hydrogen (secondary N) is 3. The Morgan fingerprint density at radius 1 is 1.11 bits per heavy atom. The van der Waals surface area contributed by atoms with Gasteiger partial charge in [-0.15, -0.1) is 0 Å². The Balaban J connectivity index is 1.41. The summed E-state index contributed by atoms with van der Waals surface area (Å²) in [5.41, 5.74) is 7.05. The van der Waals surface area contributed by atoms with Gasteiger partial charge in [0.25, 0.3) is 5.91 Å². The molecule has 3 rings (SSSR count). The molecular weight excluding hydrogens is 378 g/mol. The fraction of sp³-hybridized carbons (Fsp3) is 0.200. The van der Waals surface area contributed by atoms with Crippen LogP contribution in [0.15, 0.2) is 48.5 Å². The number of fused-ring (bicyclic) bond motifs is 1. The summed E-state index contributed by atoms with van der Waals surface area (Å²) in [6, 6.07) is 13.1. The summed E-state index contributed by atoms with van der Waals surface area (Å²) in [6.45, 7) is 1.59. The molecular formula is C20H21N3O4S. The van der Waals surface area contributed by atoms with Crippen molar-refractivity contribution in [3.8, 4) is 17.2 Å². The maximum Gasteiger partial charge on any atom is 0.262 e. The van der Waals surface area contributed by atoms with Gasteiger partial charge in [0.15, 0.2) is 16.6 Å². The molecule has 28 heavy (non-hydrogen) atoms. The van der Waals surface area contributed by atoms with Gasteiger partial charge >= 0.3 is 0 Å². The van der Waals surface area contributed by atoms with E-state index < -0.39 is 0 Å². The van der Waals surface area contributed by atoms with Gasteiger partial charge in [0.05, 0.1) is 7.11 Å². The first-order valence-corrected chi connectivity index (χ1v) is 9.09. The summed E-state index contributed by atoms with van der Waals surface area (Å²) in [4.78, 5) is 11.9. The molecule has 0 saturated heterocycles. The standard InChI is InChI=1S/C20H21N3O4S/c1-25-16-6-2-15(3-7-16)13-21-20(28)23-22-19(24)9-5-14-4-8-17-18(12-14)27-11-10-26-17/h2-9,12H,10-11,13H2,1H3,(H,22,24)(H2,21,23,28)/b9-5+. The van der Waals surface area contributed by atoms with Gasteiger partial charge in [-0.25, -0.2) is 0 Å². The van der Waals surface area contributed by atoms with Crippen LogP contribution in [0.25, 0.3) is 6.08 Å². The van der Waals surface area contributed by atoms with Crippen LogP contribution in [-0.2, 0) is 11.3 Å². The topological polar surface area (TPSA) is 80.9 Å². The lowest BCUT2D eigenvalue weighted by Gasteiger charge is -2.18. The van der Waals surface area contributed by atoms with Gasteiger partial charge in [-0.3, -0.25) is 15.6 Å². The summed E-state index contributed by atoms with van der Waals surface area (Å²) >= 11 is 5.15. The van der Waals surface area contributed by atoms with Gasteiger partial charge in [0.2, 0.25) is 0 Å². The molecule has 0 radical (unpaired) electrons. The van der Waals surface area contributed by atoms with Crippen LogP contribution in [0, 0.1) is 0 Å². The monoisotopic (exact) mass is 399 g/mol. The average molecular weight is 399 g/mol. The zero-order chi connectivity index (χ0) is 19.8. The molecule has 0 aliphatic carbocycles. The third-order valence-electron chi connectivity index (χ3n) is 3.90. The van der Waals surface area contributed by atoms with Crippen LogP contribution in [0.2, 0.25) is 0 Å². The molecule has 0 fully saturated rings. The Kier molecular flexibility index (Phi) is 6.69. The zero-order valence-electron chi connectivity index (χ0n) is 15.4. The number of carbonyl (C=O) groups is 1. The summed E-state index contributed by atoms with van der Waals surface area (Å²) in [5.74, 6) is 1.85. The van der Waals surface area contributed by atoms with Gasteiger partial charge in [-0.2, -0.15) is 0 Å². The molecule has 2 aromatic carbocycles. The third-order valence-corrected chi connectivity index (χ3v) is 4.15. The first-order valence-electron chi connectivity index (χ1n) is 8.68. The van der Waals surface area contributed by atoms with Crippen LogP contribution in [0.1, 0.15) is 11.1 Å². The maximum absolute atomic E-state index is 11.9. The first-order chi connectivity index (χ1) is 13.6. The van der Waals surface area contributed by atoms with Crippen molar-refractivity contribution in [2.24, 2.45) is 0 Å². The number of amides is 1. The van der Waals surface area contributed by atoms with E-state index >= 15 is 0 Å². The molecule has 8 heteroatoms. The van der Waals surface area contributed by atoms with Gasteiger partial charge in [0.1, 0.15) is 19.0 Å². The van der Waals surface area contributed by atoms with E-state index in [9.17, 15) is 4.79 Å². The van der Waals surface area contributed by atoms with Crippen molar-refractivity contribution in [2.75, 3.05) is 20.3 Å². The summed E-state index contributed by atoms with van der Waals surface area (Å²) < 4.78 is 16.1. The van der Waals surface area contributed by atoms with Crippen molar-refractivity contribution in [3.05, 3.63) is 59.7 Å². The lowest BCUT2D eigenvalue weighted by atomic mass is 10.2. The molecule has 3 N–H and O–H groups in total. The molecule has 1 amide bonds. The smallest absolute Gasteiger partial charge is 0.262 e. The Labute approximate surface area is 168 Å². The number of ether oxygens (including phenoxy) is 3. The lowest BCUT2D eigenvalue weighted by Crippen LogP contribution is -2.45. The van der Waals surface area contributed by atoms with Crippen LogP contribution < -0.4 is 30.4 Å². The van der Waals surface area contributed by atoms with E-state index in [4.69, 9.17) is 26.4 Å². The number of carbonyl (C=O) groups excluding carboxylic acids is 1. The van der Waals surface area contributed by atoms with Crippen molar-refractivity contribution in [2.45, 2.75) is 6.54 Å². The number of hydrogen-bond donors (Lipinski definition) is 3. The molecule has 1 heterocycles. The van der Waals surface area contributed by atoms with Crippen LogP contribution in [0.3, 0.4) is 0 Å². The Morgan fingerprint density at radius 2 is 1.86 bits per heavy atom. The molecule has 0 aromatic heterocycles. The Morgan fingerprint density at radius 3 is 2.61 bits per heavy atom. The highest BCUT2D eigenvalue weighted by Crippen LogP contribution is 2.31. The van der Waals surface area contributed by atoms with Gasteiger partial charge in [0, 0.05) is 12.6 Å². The average Bonchev–Trinajstić information content (AvgIpc) is 2.75. The van der Waals surface area contributed by atoms with Crippen molar-refractivity contribution in [1.29, 1.82) is 0 Å². The second-order valence-corrected chi connectivity index (χ2v) is 6.29. The summed E-state index contributed by atoms with van der Waals surface area (Å²) in [6.07, 6.45) is 3.09. The Bertz CT molecular complexity index is 868. The van der Waals surface area contributed by atoms with Crippen LogP contribution in [-0.4, -0.2) is 31.3 Å². The van der Waals surface area contributed by atoms with Gasteiger partial charge < -0.3 is 19.5 Å². The third kappa shape index (κ3) is 5.62. The van der Waals surface area contributed by atoms with E-state index in [1.165, 1.54) is 6.08 Å². The molecule has 0 unspecified atom stereocenters. The number of hydrazine groups is 1. The zero-order valence-corrected chi connectivity index (χ0v) is 16.2. The molecule has 2 aromatic rings. The largest absolute Gasteiger partial charge is 0.497 e. The van der Waals surface area contributed by atoms with Gasteiger partial charge in [-0.1, -0.05) is 18.2 Å². The summed E-state index contributed by atoms with van der Waals surface area (Å²) in [5, 5.41) is 3.33. The number of hydrogen-bond acceptors (Lipinski definition) is 5. The summed E-state index contributed by atoms with van der Waals surface area (Å²) in [7, 11) is 1.62. The second-order valence-electron chi connectivity index (χ2n) is 5.88. The minimum Gasteiger partial charge on any atom is -0.497 e. The predicted molar refractivity (Wildman–Crippen MR) is 110 cm³/mol. The SMILES string of the molecule is COc1ccc(CNC(=S)NNC(=O)/C=C/c2ccc3c(c2)OCCO3)cc1. The minimum absolute atomic E-state index is 0.317. The maximum atomic E-state index is 11.9. The van der Waals surface area contributed by atoms with Crippen molar-refractivity contribution in [3.63, 3.8) is 0 Å². The molecule has 0 spiro atoms. The van der Waals surface area contributed by atoms with Crippen molar-refractivity contribution < 1.29 is 19.0 Å². The first kappa shape index (κ1) is 19.5. The quantitative estimate of drug-likeness (QED) is 0.404. The van der Waals surface area contributed by atoms with Crippen LogP contribution in [0.5, 0.6) is 17.2 Å². The molecule has 0 atom stereocenters. The van der Waals surface area contributed by atoms with Gasteiger partial charge in [-0.05, 0) is 53.7 Å². The number of rotatable bonds is 5. The highest BCUT2D eigenvalue weighted by atomic mass is 32.1. The molecule has 1 aliphatic rings. The highest BCUT2D eigenvalue weighted by molar-refractivity contribution is 7.80. The van der Waals surface area contributed by atoms with E-state index in [0.717, 1.165) is 16.9 Å². The molecule has 1 aliphatic heterocycles. The predicted octanol–water partition coefficient (Wildman–Crippen LogP) is 2.18. The van der Waals surface area contributed by atoms with E-state index in [0.29, 0.717) is 36.4 Å². The molecule has 146 valence electrons. The van der Waals surface area contributed by atoms with E-state index in [1.54, 1.807) is 13.2 Å². The molecule has 0 bridgehead atoms. The normalized spacial score (nSPS) is 12.3. The van der Waals surface area contributed by atoms with E-state index in [-0.39, 0.29) is 5.91 Å². The minimum atomic E-state index is -0.330. The Hall–Kier alpha value is -3.26. The van der Waals surface area contributed by atoms with E-state index in [2.05, 4.69) is 16.2 Å². The number of thiocarbonyl (C=S) groups is 1. The van der Waals surface area contributed by atoms with Crippen LogP contribution in [0.4, 0.5) is 0 Å². The fourth-order valence-electron chi connectivity index (χ4n) is 2.47. The van der Waals surface area contributed by atoms with E-state index in [1.807, 2.05) is 42.5 Å².